The SMILES string of the molecule is COCCN(CC(F)F)C(=O)c1ccc(NS(=O)(=O)c2ccc(F)c(C)c2)cc1. The number of halogens is 3. The summed E-state index contributed by atoms with van der Waals surface area (Å²) in [6, 6.07) is 8.76. The van der Waals surface area contributed by atoms with E-state index in [-0.39, 0.29) is 34.9 Å². The van der Waals surface area contributed by atoms with Crippen LogP contribution in [-0.4, -0.2) is 52.5 Å². The van der Waals surface area contributed by atoms with Crippen molar-refractivity contribution >= 4 is 21.6 Å². The second-order valence-corrected chi connectivity index (χ2v) is 7.91. The Balaban J connectivity index is 2.16. The number of rotatable bonds is 9. The molecule has 2 aromatic rings. The van der Waals surface area contributed by atoms with Crippen molar-refractivity contribution in [2.75, 3.05) is 31.5 Å². The van der Waals surface area contributed by atoms with E-state index in [1.807, 2.05) is 0 Å². The molecular formula is C19H21F3N2O4S. The van der Waals surface area contributed by atoms with Gasteiger partial charge in [0.05, 0.1) is 18.0 Å². The van der Waals surface area contributed by atoms with Gasteiger partial charge < -0.3 is 9.64 Å². The number of aryl methyl sites for hydroxylation is 1. The third kappa shape index (κ3) is 6.20. The number of amides is 1. The van der Waals surface area contributed by atoms with Gasteiger partial charge in [0, 0.05) is 24.9 Å². The molecule has 0 unspecified atom stereocenters. The summed E-state index contributed by atoms with van der Waals surface area (Å²) < 4.78 is 70.8. The third-order valence-electron chi connectivity index (χ3n) is 4.03. The van der Waals surface area contributed by atoms with Gasteiger partial charge in [-0.2, -0.15) is 0 Å². The summed E-state index contributed by atoms with van der Waals surface area (Å²) in [5.41, 5.74) is 0.479. The molecule has 0 aliphatic carbocycles. The molecule has 1 N–H and O–H groups in total. The van der Waals surface area contributed by atoms with E-state index in [9.17, 15) is 26.4 Å². The maximum absolute atomic E-state index is 13.3. The van der Waals surface area contributed by atoms with Crippen molar-refractivity contribution < 1.29 is 31.1 Å². The van der Waals surface area contributed by atoms with Crippen LogP contribution in [-0.2, 0) is 14.8 Å². The topological polar surface area (TPSA) is 75.7 Å². The Hall–Kier alpha value is -2.59. The summed E-state index contributed by atoms with van der Waals surface area (Å²) in [7, 11) is -2.56. The highest BCUT2D eigenvalue weighted by molar-refractivity contribution is 7.92. The van der Waals surface area contributed by atoms with Crippen molar-refractivity contribution in [2.45, 2.75) is 18.2 Å². The highest BCUT2D eigenvalue weighted by atomic mass is 32.2. The lowest BCUT2D eigenvalue weighted by molar-refractivity contribution is 0.0478. The van der Waals surface area contributed by atoms with Gasteiger partial charge in [0.25, 0.3) is 22.4 Å². The average Bonchev–Trinajstić information content (AvgIpc) is 2.66. The lowest BCUT2D eigenvalue weighted by Crippen LogP contribution is -2.37. The zero-order valence-electron chi connectivity index (χ0n) is 15.9. The molecule has 0 atom stereocenters. The number of ether oxygens (including phenoxy) is 1. The van der Waals surface area contributed by atoms with Crippen molar-refractivity contribution in [3.05, 3.63) is 59.4 Å². The van der Waals surface area contributed by atoms with E-state index in [4.69, 9.17) is 4.74 Å². The van der Waals surface area contributed by atoms with E-state index < -0.39 is 34.7 Å². The normalized spacial score (nSPS) is 11.5. The van der Waals surface area contributed by atoms with Crippen LogP contribution >= 0.6 is 0 Å². The lowest BCUT2D eigenvalue weighted by Gasteiger charge is -2.22. The summed E-state index contributed by atoms with van der Waals surface area (Å²) in [4.78, 5) is 13.3. The molecule has 0 heterocycles. The van der Waals surface area contributed by atoms with Crippen molar-refractivity contribution in [3.63, 3.8) is 0 Å². The Labute approximate surface area is 167 Å². The molecule has 29 heavy (non-hydrogen) atoms. The molecule has 6 nitrogen and oxygen atoms in total. The molecule has 0 fully saturated rings. The van der Waals surface area contributed by atoms with Crippen LogP contribution in [0.1, 0.15) is 15.9 Å². The molecule has 0 saturated heterocycles. The van der Waals surface area contributed by atoms with Gasteiger partial charge in [-0.3, -0.25) is 9.52 Å². The van der Waals surface area contributed by atoms with Crippen molar-refractivity contribution in [3.8, 4) is 0 Å². The van der Waals surface area contributed by atoms with E-state index >= 15 is 0 Å². The zero-order chi connectivity index (χ0) is 21.6. The van der Waals surface area contributed by atoms with Crippen LogP contribution in [0.2, 0.25) is 0 Å². The van der Waals surface area contributed by atoms with Crippen LogP contribution in [0.3, 0.4) is 0 Å². The van der Waals surface area contributed by atoms with Gasteiger partial charge in [-0.05, 0) is 55.0 Å². The highest BCUT2D eigenvalue weighted by Gasteiger charge is 2.20. The molecule has 0 bridgehead atoms. The number of carbonyl (C=O) groups is 1. The van der Waals surface area contributed by atoms with Crippen LogP contribution in [0.25, 0.3) is 0 Å². The Morgan fingerprint density at radius 1 is 1.17 bits per heavy atom. The molecule has 2 rings (SSSR count). The predicted molar refractivity (Wildman–Crippen MR) is 102 cm³/mol. The van der Waals surface area contributed by atoms with Crippen molar-refractivity contribution in [1.82, 2.24) is 4.90 Å². The number of methoxy groups -OCH3 is 1. The van der Waals surface area contributed by atoms with Crippen LogP contribution in [0.5, 0.6) is 0 Å². The summed E-state index contributed by atoms with van der Waals surface area (Å²) in [6.07, 6.45) is -2.69. The van der Waals surface area contributed by atoms with E-state index in [2.05, 4.69) is 4.72 Å². The van der Waals surface area contributed by atoms with Crippen molar-refractivity contribution in [1.29, 1.82) is 0 Å². The minimum Gasteiger partial charge on any atom is -0.383 e. The van der Waals surface area contributed by atoms with Crippen LogP contribution < -0.4 is 4.72 Å². The Morgan fingerprint density at radius 3 is 2.38 bits per heavy atom. The maximum atomic E-state index is 13.3. The van der Waals surface area contributed by atoms with E-state index in [1.54, 1.807) is 0 Å². The number of sulfonamides is 1. The summed E-state index contributed by atoms with van der Waals surface area (Å²) in [6.45, 7) is 0.815. The van der Waals surface area contributed by atoms with Crippen LogP contribution in [0.4, 0.5) is 18.9 Å². The van der Waals surface area contributed by atoms with E-state index in [1.165, 1.54) is 44.4 Å². The monoisotopic (exact) mass is 430 g/mol. The number of nitrogens with one attached hydrogen (secondary N) is 1. The van der Waals surface area contributed by atoms with Gasteiger partial charge in [-0.25, -0.2) is 21.6 Å². The summed E-state index contributed by atoms with van der Waals surface area (Å²) >= 11 is 0. The van der Waals surface area contributed by atoms with Gasteiger partial charge in [0.15, 0.2) is 0 Å². The summed E-state index contributed by atoms with van der Waals surface area (Å²) in [5, 5.41) is 0. The van der Waals surface area contributed by atoms with Gasteiger partial charge in [0.2, 0.25) is 0 Å². The van der Waals surface area contributed by atoms with Crippen LogP contribution in [0, 0.1) is 12.7 Å². The first-order valence-corrected chi connectivity index (χ1v) is 10.1. The quantitative estimate of drug-likeness (QED) is 0.663. The third-order valence-corrected chi connectivity index (χ3v) is 5.41. The number of benzene rings is 2. The maximum Gasteiger partial charge on any atom is 0.261 e. The molecule has 0 radical (unpaired) electrons. The molecule has 2 aromatic carbocycles. The molecule has 1 amide bonds. The highest BCUT2D eigenvalue weighted by Crippen LogP contribution is 2.19. The molecule has 0 spiro atoms. The first-order chi connectivity index (χ1) is 13.6. The Morgan fingerprint density at radius 2 is 1.83 bits per heavy atom. The summed E-state index contributed by atoms with van der Waals surface area (Å²) in [5.74, 6) is -1.14. The first kappa shape index (κ1) is 22.7. The molecule has 10 heteroatoms. The predicted octanol–water partition coefficient (Wildman–Crippen LogP) is 3.29. The Bertz CT molecular complexity index is 950. The van der Waals surface area contributed by atoms with E-state index in [0.29, 0.717) is 0 Å². The molecule has 0 aliphatic rings. The molecule has 158 valence electrons. The number of nitrogens with zero attached hydrogens (tertiary/aromatic N) is 1. The fourth-order valence-corrected chi connectivity index (χ4v) is 3.65. The average molecular weight is 430 g/mol. The smallest absolute Gasteiger partial charge is 0.261 e. The second kappa shape index (κ2) is 9.75. The lowest BCUT2D eigenvalue weighted by atomic mass is 10.2. The van der Waals surface area contributed by atoms with Crippen LogP contribution in [0.15, 0.2) is 47.4 Å². The van der Waals surface area contributed by atoms with Gasteiger partial charge in [0.1, 0.15) is 5.82 Å². The first-order valence-electron chi connectivity index (χ1n) is 8.59. The Kier molecular flexibility index (Phi) is 7.63. The molecule has 0 saturated carbocycles. The molecule has 0 aromatic heterocycles. The van der Waals surface area contributed by atoms with Crippen molar-refractivity contribution in [2.24, 2.45) is 0 Å². The van der Waals surface area contributed by atoms with E-state index in [0.717, 1.165) is 17.0 Å². The number of carbonyl (C=O) groups excluding carboxylic acids is 1. The number of hydrogen-bond donors (Lipinski definition) is 1. The van der Waals surface area contributed by atoms with Gasteiger partial charge in [-0.15, -0.1) is 0 Å². The largest absolute Gasteiger partial charge is 0.383 e. The standard InChI is InChI=1S/C19H21F3N2O4S/c1-13-11-16(7-8-17(13)20)29(26,27)23-15-5-3-14(4-6-15)19(25)24(9-10-28-2)12-18(21)22/h3-8,11,18,23H,9-10,12H2,1-2H3. The van der Waals surface area contributed by atoms with Gasteiger partial charge in [-0.1, -0.05) is 0 Å². The molecule has 0 aliphatic heterocycles. The second-order valence-electron chi connectivity index (χ2n) is 6.23. The fraction of sp³-hybridized carbons (Fsp3) is 0.316. The number of hydrogen-bond acceptors (Lipinski definition) is 4. The minimum atomic E-state index is -3.96. The number of alkyl halides is 2. The minimum absolute atomic E-state index is 0.00201. The zero-order valence-corrected chi connectivity index (χ0v) is 16.7. The molecular weight excluding hydrogens is 409 g/mol. The van der Waals surface area contributed by atoms with Gasteiger partial charge >= 0.3 is 0 Å². The fourth-order valence-electron chi connectivity index (χ4n) is 2.51. The number of anilines is 1.